The van der Waals surface area contributed by atoms with Crippen LogP contribution in [0.3, 0.4) is 0 Å². The molecule has 76 valence electrons. The van der Waals surface area contributed by atoms with Crippen molar-refractivity contribution in [1.82, 2.24) is 15.1 Å². The quantitative estimate of drug-likeness (QED) is 0.675. The topological polar surface area (TPSA) is 72.9 Å². The number of carbonyl (C=O) groups is 1. The van der Waals surface area contributed by atoms with Crippen LogP contribution in [0.25, 0.3) is 0 Å². The Morgan fingerprint density at radius 3 is 2.93 bits per heavy atom. The van der Waals surface area contributed by atoms with Gasteiger partial charge in [0.1, 0.15) is 5.69 Å². The minimum Gasteiger partial charge on any atom is -0.348 e. The fourth-order valence-electron chi connectivity index (χ4n) is 1.64. The minimum absolute atomic E-state index is 0.0677. The molecule has 0 aromatic carbocycles. The van der Waals surface area contributed by atoms with Gasteiger partial charge in [-0.3, -0.25) is 9.48 Å². The number of nitrogens with zero attached hydrogens (tertiary/aromatic N) is 2. The van der Waals surface area contributed by atoms with Gasteiger partial charge in [-0.25, -0.2) is 0 Å². The predicted octanol–water partition coefficient (Wildman–Crippen LogP) is -0.360. The summed E-state index contributed by atoms with van der Waals surface area (Å²) in [6.07, 6.45) is 3.37. The molecule has 1 fully saturated rings. The first-order chi connectivity index (χ1) is 6.66. The summed E-state index contributed by atoms with van der Waals surface area (Å²) in [4.78, 5) is 11.6. The maximum atomic E-state index is 11.6. The maximum absolute atomic E-state index is 11.6. The number of rotatable bonds is 2. The third-order valence-corrected chi connectivity index (χ3v) is 2.56. The Hall–Kier alpha value is -1.36. The van der Waals surface area contributed by atoms with Gasteiger partial charge < -0.3 is 11.1 Å². The van der Waals surface area contributed by atoms with Gasteiger partial charge in [-0.1, -0.05) is 0 Å². The number of amides is 1. The van der Waals surface area contributed by atoms with Crippen LogP contribution in [0.15, 0.2) is 12.3 Å². The van der Waals surface area contributed by atoms with E-state index in [-0.39, 0.29) is 18.0 Å². The van der Waals surface area contributed by atoms with Gasteiger partial charge in [-0.05, 0) is 18.9 Å². The summed E-state index contributed by atoms with van der Waals surface area (Å²) < 4.78 is 1.56. The Labute approximate surface area is 82.3 Å². The average Bonchev–Trinajstić information content (AvgIpc) is 2.48. The van der Waals surface area contributed by atoms with Crippen molar-refractivity contribution in [2.75, 3.05) is 0 Å². The molecule has 5 heteroatoms. The fourth-order valence-corrected chi connectivity index (χ4v) is 1.64. The fraction of sp³-hybridized carbons (Fsp3) is 0.556. The van der Waals surface area contributed by atoms with E-state index >= 15 is 0 Å². The van der Waals surface area contributed by atoms with Crippen molar-refractivity contribution in [2.45, 2.75) is 24.9 Å². The highest BCUT2D eigenvalue weighted by molar-refractivity contribution is 5.92. The van der Waals surface area contributed by atoms with E-state index in [1.807, 2.05) is 0 Å². The molecule has 1 aromatic rings. The zero-order valence-electron chi connectivity index (χ0n) is 8.10. The van der Waals surface area contributed by atoms with Crippen molar-refractivity contribution < 1.29 is 4.79 Å². The number of aryl methyl sites for hydroxylation is 1. The van der Waals surface area contributed by atoms with E-state index in [1.54, 1.807) is 24.0 Å². The molecule has 2 rings (SSSR count). The molecule has 0 radical (unpaired) electrons. The molecule has 0 saturated heterocycles. The van der Waals surface area contributed by atoms with Gasteiger partial charge in [0, 0.05) is 25.3 Å². The molecule has 0 atom stereocenters. The maximum Gasteiger partial charge on any atom is 0.269 e. The zero-order chi connectivity index (χ0) is 10.1. The lowest BCUT2D eigenvalue weighted by Crippen LogP contribution is -2.50. The van der Waals surface area contributed by atoms with E-state index in [2.05, 4.69) is 10.4 Å². The van der Waals surface area contributed by atoms with Gasteiger partial charge >= 0.3 is 0 Å². The number of hydrogen-bond acceptors (Lipinski definition) is 3. The largest absolute Gasteiger partial charge is 0.348 e. The van der Waals surface area contributed by atoms with Crippen LogP contribution in [0.5, 0.6) is 0 Å². The Morgan fingerprint density at radius 2 is 2.43 bits per heavy atom. The molecule has 5 nitrogen and oxygen atoms in total. The molecule has 1 saturated carbocycles. The molecule has 1 aliphatic rings. The van der Waals surface area contributed by atoms with Gasteiger partial charge in [-0.2, -0.15) is 5.10 Å². The van der Waals surface area contributed by atoms with Gasteiger partial charge in [0.2, 0.25) is 0 Å². The normalized spacial score (nSPS) is 25.6. The molecule has 0 bridgehead atoms. The van der Waals surface area contributed by atoms with Crippen molar-refractivity contribution in [3.8, 4) is 0 Å². The summed E-state index contributed by atoms with van der Waals surface area (Å²) in [5, 5.41) is 6.85. The van der Waals surface area contributed by atoms with E-state index in [0.717, 1.165) is 12.8 Å². The van der Waals surface area contributed by atoms with Crippen molar-refractivity contribution in [1.29, 1.82) is 0 Å². The molecule has 1 heterocycles. The summed E-state index contributed by atoms with van der Waals surface area (Å²) in [6.45, 7) is 0. The van der Waals surface area contributed by atoms with Gasteiger partial charge in [0.05, 0.1) is 0 Å². The summed E-state index contributed by atoms with van der Waals surface area (Å²) in [6, 6.07) is 2.20. The molecule has 1 amide bonds. The van der Waals surface area contributed by atoms with Gasteiger partial charge in [0.25, 0.3) is 5.91 Å². The van der Waals surface area contributed by atoms with Crippen LogP contribution in [0, 0.1) is 0 Å². The van der Waals surface area contributed by atoms with Crippen LogP contribution in [-0.2, 0) is 7.05 Å². The van der Waals surface area contributed by atoms with Crippen LogP contribution in [0.4, 0.5) is 0 Å². The van der Waals surface area contributed by atoms with Crippen LogP contribution in [-0.4, -0.2) is 27.8 Å². The highest BCUT2D eigenvalue weighted by atomic mass is 16.2. The third-order valence-electron chi connectivity index (χ3n) is 2.56. The van der Waals surface area contributed by atoms with E-state index in [1.165, 1.54) is 0 Å². The minimum atomic E-state index is -0.0677. The second-order valence-corrected chi connectivity index (χ2v) is 3.74. The smallest absolute Gasteiger partial charge is 0.269 e. The standard InChI is InChI=1S/C9H14N4O/c1-13-8(2-3-11-13)9(14)12-7-4-6(10)5-7/h2-3,6-7H,4-5,10H2,1H3,(H,12,14). The molecule has 0 aliphatic heterocycles. The first kappa shape index (κ1) is 9.21. The molecular formula is C9H14N4O. The number of carbonyl (C=O) groups excluding carboxylic acids is 1. The van der Waals surface area contributed by atoms with E-state index in [4.69, 9.17) is 5.73 Å². The number of nitrogens with two attached hydrogens (primary N) is 1. The van der Waals surface area contributed by atoms with E-state index in [9.17, 15) is 4.79 Å². The van der Waals surface area contributed by atoms with Crippen molar-refractivity contribution in [3.05, 3.63) is 18.0 Å². The molecule has 0 unspecified atom stereocenters. The van der Waals surface area contributed by atoms with Gasteiger partial charge in [0.15, 0.2) is 0 Å². The average molecular weight is 194 g/mol. The third kappa shape index (κ3) is 1.63. The molecule has 1 aliphatic carbocycles. The highest BCUT2D eigenvalue weighted by Gasteiger charge is 2.27. The Balaban J connectivity index is 1.93. The first-order valence-corrected chi connectivity index (χ1v) is 4.71. The van der Waals surface area contributed by atoms with E-state index in [0.29, 0.717) is 5.69 Å². The Kier molecular flexibility index (Phi) is 2.25. The van der Waals surface area contributed by atoms with Crippen LogP contribution < -0.4 is 11.1 Å². The number of hydrogen-bond donors (Lipinski definition) is 2. The molecular weight excluding hydrogens is 180 g/mol. The van der Waals surface area contributed by atoms with Crippen molar-refractivity contribution in [2.24, 2.45) is 12.8 Å². The lowest BCUT2D eigenvalue weighted by atomic mass is 9.87. The SMILES string of the molecule is Cn1nccc1C(=O)NC1CC(N)C1. The second kappa shape index (κ2) is 3.42. The van der Waals surface area contributed by atoms with Gasteiger partial charge in [-0.15, -0.1) is 0 Å². The molecule has 0 spiro atoms. The summed E-state index contributed by atoms with van der Waals surface area (Å²) in [5.74, 6) is -0.0677. The molecule has 1 aromatic heterocycles. The summed E-state index contributed by atoms with van der Waals surface area (Å²) in [7, 11) is 1.75. The van der Waals surface area contributed by atoms with Crippen LogP contribution >= 0.6 is 0 Å². The monoisotopic (exact) mass is 194 g/mol. The van der Waals surface area contributed by atoms with Crippen LogP contribution in [0.1, 0.15) is 23.3 Å². The second-order valence-electron chi connectivity index (χ2n) is 3.74. The highest BCUT2D eigenvalue weighted by Crippen LogP contribution is 2.17. The number of nitrogens with one attached hydrogen (secondary N) is 1. The lowest BCUT2D eigenvalue weighted by Gasteiger charge is -2.32. The number of aromatic nitrogens is 2. The zero-order valence-corrected chi connectivity index (χ0v) is 8.10. The first-order valence-electron chi connectivity index (χ1n) is 4.71. The lowest BCUT2D eigenvalue weighted by molar-refractivity contribution is 0.0900. The van der Waals surface area contributed by atoms with Crippen molar-refractivity contribution >= 4 is 5.91 Å². The van der Waals surface area contributed by atoms with E-state index < -0.39 is 0 Å². The Bertz CT molecular complexity index is 340. The van der Waals surface area contributed by atoms with Crippen molar-refractivity contribution in [3.63, 3.8) is 0 Å². The van der Waals surface area contributed by atoms with Crippen LogP contribution in [0.2, 0.25) is 0 Å². The Morgan fingerprint density at radius 1 is 1.71 bits per heavy atom. The summed E-state index contributed by atoms with van der Waals surface area (Å²) >= 11 is 0. The molecule has 3 N–H and O–H groups in total. The predicted molar refractivity (Wildman–Crippen MR) is 51.7 cm³/mol. The molecule has 14 heavy (non-hydrogen) atoms. The summed E-state index contributed by atoms with van der Waals surface area (Å²) in [5.41, 5.74) is 6.21.